The Labute approximate surface area is 123 Å². The number of carboxylic acids is 2. The van der Waals surface area contributed by atoms with E-state index in [4.69, 9.17) is 10.2 Å². The maximum atomic E-state index is 10.8. The minimum absolute atomic E-state index is 0.0359. The van der Waals surface area contributed by atoms with E-state index in [1.807, 2.05) is 6.20 Å². The summed E-state index contributed by atoms with van der Waals surface area (Å²) in [4.78, 5) is 28.4. The molecule has 6 heteroatoms. The number of rotatable bonds is 4. The lowest BCUT2D eigenvalue weighted by atomic mass is 9.80. The summed E-state index contributed by atoms with van der Waals surface area (Å²) in [6.07, 6.45) is 10.3. The number of H-pyrrole nitrogens is 1. The topological polar surface area (TPSA) is 103 Å². The van der Waals surface area contributed by atoms with Crippen molar-refractivity contribution in [2.75, 3.05) is 0 Å². The molecule has 1 aromatic heterocycles. The third-order valence-corrected chi connectivity index (χ3v) is 3.12. The average molecular weight is 292 g/mol. The van der Waals surface area contributed by atoms with Crippen LogP contribution in [-0.2, 0) is 16.0 Å². The Morgan fingerprint density at radius 2 is 2.14 bits per heavy atom. The summed E-state index contributed by atoms with van der Waals surface area (Å²) < 4.78 is 0. The maximum Gasteiger partial charge on any atom is 0.331 e. The van der Waals surface area contributed by atoms with Gasteiger partial charge in [0.2, 0.25) is 0 Å². The van der Waals surface area contributed by atoms with E-state index in [1.165, 1.54) is 25.2 Å². The number of carboxylic acid groups (broad SMARTS) is 2. The van der Waals surface area contributed by atoms with Crippen molar-refractivity contribution in [3.8, 4) is 0 Å². The predicted molar refractivity (Wildman–Crippen MR) is 77.8 cm³/mol. The Bertz CT molecular complexity index is 546. The van der Waals surface area contributed by atoms with Gasteiger partial charge in [-0.25, -0.2) is 9.78 Å². The lowest BCUT2D eigenvalue weighted by Crippen LogP contribution is -2.28. The standard InChI is InChI=1S/C9H10O4.C6H10N2/c1-9(8(12)13)4-2-3-6(5-9)7(10)11;1-2-3-6-7-4-5-8-6/h2-4H,5H2,1H3,(H,10,11)(H,12,13);4-5H,2-3H2,1H3,(H,7,8). The molecule has 3 N–H and O–H groups in total. The molecule has 6 nitrogen and oxygen atoms in total. The van der Waals surface area contributed by atoms with Crippen LogP contribution in [0.1, 0.15) is 32.5 Å². The summed E-state index contributed by atoms with van der Waals surface area (Å²) in [5, 5.41) is 17.5. The average Bonchev–Trinajstić information content (AvgIpc) is 2.93. The molecule has 1 aliphatic rings. The molecule has 1 unspecified atom stereocenters. The molecule has 1 aliphatic carbocycles. The first-order chi connectivity index (χ1) is 9.89. The summed E-state index contributed by atoms with van der Waals surface area (Å²) in [7, 11) is 0. The summed E-state index contributed by atoms with van der Waals surface area (Å²) in [5.74, 6) is -0.972. The number of aryl methyl sites for hydroxylation is 1. The van der Waals surface area contributed by atoms with Crippen molar-refractivity contribution in [1.29, 1.82) is 0 Å². The first kappa shape index (κ1) is 16.7. The van der Waals surface area contributed by atoms with Crippen molar-refractivity contribution in [1.82, 2.24) is 9.97 Å². The van der Waals surface area contributed by atoms with Gasteiger partial charge in [0, 0.05) is 24.4 Å². The van der Waals surface area contributed by atoms with Crippen molar-refractivity contribution in [3.63, 3.8) is 0 Å². The molecular weight excluding hydrogens is 272 g/mol. The molecule has 0 aromatic carbocycles. The molecule has 1 atom stereocenters. The highest BCUT2D eigenvalue weighted by Crippen LogP contribution is 2.31. The number of hydrogen-bond acceptors (Lipinski definition) is 3. The Kier molecular flexibility index (Phi) is 5.90. The van der Waals surface area contributed by atoms with Gasteiger partial charge >= 0.3 is 11.9 Å². The number of imidazole rings is 1. The largest absolute Gasteiger partial charge is 0.481 e. The van der Waals surface area contributed by atoms with Gasteiger partial charge in [-0.2, -0.15) is 0 Å². The minimum Gasteiger partial charge on any atom is -0.481 e. The summed E-state index contributed by atoms with van der Waals surface area (Å²) in [6.45, 7) is 3.64. The zero-order valence-corrected chi connectivity index (χ0v) is 12.2. The summed E-state index contributed by atoms with van der Waals surface area (Å²) >= 11 is 0. The Balaban J connectivity index is 0.000000235. The highest BCUT2D eigenvalue weighted by molar-refractivity contribution is 5.90. The molecule has 0 spiro atoms. The second-order valence-electron chi connectivity index (χ2n) is 5.04. The quantitative estimate of drug-likeness (QED) is 0.790. The van der Waals surface area contributed by atoms with Gasteiger partial charge in [-0.15, -0.1) is 0 Å². The van der Waals surface area contributed by atoms with Crippen molar-refractivity contribution in [3.05, 3.63) is 42.0 Å². The third kappa shape index (κ3) is 4.91. The van der Waals surface area contributed by atoms with Crippen LogP contribution >= 0.6 is 0 Å². The maximum absolute atomic E-state index is 10.8. The van der Waals surface area contributed by atoms with Crippen LogP contribution in [0.15, 0.2) is 36.2 Å². The van der Waals surface area contributed by atoms with Crippen LogP contribution in [0.3, 0.4) is 0 Å². The van der Waals surface area contributed by atoms with E-state index in [0.29, 0.717) is 0 Å². The molecule has 0 bridgehead atoms. The smallest absolute Gasteiger partial charge is 0.331 e. The summed E-state index contributed by atoms with van der Waals surface area (Å²) in [5.41, 5.74) is -0.949. The molecule has 0 amide bonds. The van der Waals surface area contributed by atoms with Crippen LogP contribution in [-0.4, -0.2) is 32.1 Å². The van der Waals surface area contributed by atoms with Crippen LogP contribution in [0.5, 0.6) is 0 Å². The fourth-order valence-corrected chi connectivity index (χ4v) is 1.86. The summed E-state index contributed by atoms with van der Waals surface area (Å²) in [6, 6.07) is 0. The molecule has 21 heavy (non-hydrogen) atoms. The molecule has 114 valence electrons. The van der Waals surface area contributed by atoms with Crippen molar-refractivity contribution >= 4 is 11.9 Å². The fraction of sp³-hybridized carbons (Fsp3) is 0.400. The zero-order chi connectivity index (χ0) is 15.9. The highest BCUT2D eigenvalue weighted by atomic mass is 16.4. The molecule has 0 radical (unpaired) electrons. The zero-order valence-electron chi connectivity index (χ0n) is 12.2. The number of aromatic nitrogens is 2. The van der Waals surface area contributed by atoms with Gasteiger partial charge in [-0.05, 0) is 19.8 Å². The van der Waals surface area contributed by atoms with Gasteiger partial charge in [0.05, 0.1) is 5.41 Å². The van der Waals surface area contributed by atoms with Crippen LogP contribution < -0.4 is 0 Å². The van der Waals surface area contributed by atoms with Gasteiger partial charge in [0.25, 0.3) is 0 Å². The van der Waals surface area contributed by atoms with Crippen molar-refractivity contribution < 1.29 is 19.8 Å². The first-order valence-corrected chi connectivity index (χ1v) is 6.72. The number of nitrogens with zero attached hydrogens (tertiary/aromatic N) is 1. The number of allylic oxidation sites excluding steroid dienone is 2. The number of aromatic amines is 1. The van der Waals surface area contributed by atoms with Crippen LogP contribution in [0.2, 0.25) is 0 Å². The molecule has 1 aromatic rings. The van der Waals surface area contributed by atoms with E-state index in [-0.39, 0.29) is 12.0 Å². The lowest BCUT2D eigenvalue weighted by molar-refractivity contribution is -0.145. The van der Waals surface area contributed by atoms with Crippen LogP contribution in [0.4, 0.5) is 0 Å². The molecule has 1 heterocycles. The van der Waals surface area contributed by atoms with Crippen LogP contribution in [0, 0.1) is 5.41 Å². The Morgan fingerprint density at radius 1 is 1.43 bits per heavy atom. The normalized spacial score (nSPS) is 20.2. The predicted octanol–water partition coefficient (Wildman–Crippen LogP) is 2.41. The van der Waals surface area contributed by atoms with Gasteiger partial charge in [-0.3, -0.25) is 4.79 Å². The molecule has 2 rings (SSSR count). The number of carbonyl (C=O) groups is 2. The van der Waals surface area contributed by atoms with E-state index in [1.54, 1.807) is 6.20 Å². The molecular formula is C15H20N2O4. The van der Waals surface area contributed by atoms with E-state index in [0.717, 1.165) is 18.7 Å². The van der Waals surface area contributed by atoms with Gasteiger partial charge in [0.1, 0.15) is 5.82 Å². The second-order valence-corrected chi connectivity index (χ2v) is 5.04. The molecule has 0 saturated heterocycles. The van der Waals surface area contributed by atoms with Crippen LogP contribution in [0.25, 0.3) is 0 Å². The van der Waals surface area contributed by atoms with E-state index < -0.39 is 17.4 Å². The van der Waals surface area contributed by atoms with Crippen molar-refractivity contribution in [2.45, 2.75) is 33.1 Å². The Morgan fingerprint density at radius 3 is 2.62 bits per heavy atom. The SMILES string of the molecule is CC1(C(=O)O)C=CC=C(C(=O)O)C1.CCCc1ncc[nH]1. The molecule has 0 aliphatic heterocycles. The first-order valence-electron chi connectivity index (χ1n) is 6.72. The van der Waals surface area contributed by atoms with E-state index in [2.05, 4.69) is 16.9 Å². The third-order valence-electron chi connectivity index (χ3n) is 3.12. The fourth-order valence-electron chi connectivity index (χ4n) is 1.86. The lowest BCUT2D eigenvalue weighted by Gasteiger charge is -2.23. The van der Waals surface area contributed by atoms with E-state index >= 15 is 0 Å². The monoisotopic (exact) mass is 292 g/mol. The second kappa shape index (κ2) is 7.42. The number of hydrogen-bond donors (Lipinski definition) is 3. The number of nitrogens with one attached hydrogen (secondary N) is 1. The molecule has 0 saturated carbocycles. The van der Waals surface area contributed by atoms with Gasteiger partial charge < -0.3 is 15.2 Å². The van der Waals surface area contributed by atoms with Gasteiger partial charge in [0.15, 0.2) is 0 Å². The van der Waals surface area contributed by atoms with E-state index in [9.17, 15) is 9.59 Å². The number of aliphatic carboxylic acids is 2. The molecule has 0 fully saturated rings. The Hall–Kier alpha value is -2.37. The highest BCUT2D eigenvalue weighted by Gasteiger charge is 2.34. The van der Waals surface area contributed by atoms with Gasteiger partial charge in [-0.1, -0.05) is 25.2 Å². The minimum atomic E-state index is -1.08. The van der Waals surface area contributed by atoms with Crippen molar-refractivity contribution in [2.24, 2.45) is 5.41 Å².